The summed E-state index contributed by atoms with van der Waals surface area (Å²) in [5.41, 5.74) is 3.00. The number of thiocarbonyl (C=S) groups is 1. The molecule has 1 amide bonds. The van der Waals surface area contributed by atoms with Crippen LogP contribution in [-0.2, 0) is 4.79 Å². The van der Waals surface area contributed by atoms with Gasteiger partial charge in [-0.1, -0.05) is 66.5 Å². The minimum Gasteiger partial charge on any atom is -0.545 e. The normalized spacial score (nSPS) is 16.3. The summed E-state index contributed by atoms with van der Waals surface area (Å²) in [7, 11) is 0. The third-order valence-corrected chi connectivity index (χ3v) is 5.35. The quantitative estimate of drug-likeness (QED) is 0.584. The van der Waals surface area contributed by atoms with E-state index in [1.807, 2.05) is 43.3 Å². The van der Waals surface area contributed by atoms with Crippen molar-refractivity contribution in [3.05, 3.63) is 81.8 Å². The molecule has 1 saturated heterocycles. The van der Waals surface area contributed by atoms with Crippen molar-refractivity contribution >= 4 is 51.9 Å². The number of rotatable bonds is 4. The van der Waals surface area contributed by atoms with Gasteiger partial charge in [0.05, 0.1) is 16.6 Å². The summed E-state index contributed by atoms with van der Waals surface area (Å²) in [4.78, 5) is 25.9. The summed E-state index contributed by atoms with van der Waals surface area (Å²) < 4.78 is 0.368. The fourth-order valence-corrected chi connectivity index (χ4v) is 4.07. The zero-order chi connectivity index (χ0) is 19.6. The highest BCUT2D eigenvalue weighted by Gasteiger charge is 2.33. The van der Waals surface area contributed by atoms with Gasteiger partial charge < -0.3 is 9.90 Å². The lowest BCUT2D eigenvalue weighted by molar-refractivity contribution is -0.255. The Morgan fingerprint density at radius 1 is 1.19 bits per heavy atom. The van der Waals surface area contributed by atoms with Gasteiger partial charge in [-0.15, -0.1) is 0 Å². The SMILES string of the molecule is CC(/C=C1\SC(=S)N(c2ccc(C)c(C(=O)[O-])c2)C1=O)=C\c1ccccc1. The Bertz CT molecular complexity index is 994. The monoisotopic (exact) mass is 394 g/mol. The molecule has 0 aromatic heterocycles. The summed E-state index contributed by atoms with van der Waals surface area (Å²) in [5.74, 6) is -1.55. The molecule has 4 nitrogen and oxygen atoms in total. The van der Waals surface area contributed by atoms with E-state index in [1.165, 1.54) is 22.7 Å². The third kappa shape index (κ3) is 4.18. The molecule has 0 N–H and O–H groups in total. The molecule has 0 unspecified atom stereocenters. The predicted molar refractivity (Wildman–Crippen MR) is 111 cm³/mol. The van der Waals surface area contributed by atoms with Crippen LogP contribution in [0.2, 0.25) is 0 Å². The van der Waals surface area contributed by atoms with Crippen LogP contribution in [0.25, 0.3) is 6.08 Å². The number of anilines is 1. The number of hydrogen-bond acceptors (Lipinski definition) is 5. The molecule has 1 heterocycles. The zero-order valence-corrected chi connectivity index (χ0v) is 16.4. The topological polar surface area (TPSA) is 60.4 Å². The Morgan fingerprint density at radius 3 is 2.56 bits per heavy atom. The molecule has 0 aliphatic carbocycles. The van der Waals surface area contributed by atoms with E-state index in [2.05, 4.69) is 0 Å². The molecular weight excluding hydrogens is 378 g/mol. The van der Waals surface area contributed by atoms with Crippen LogP contribution < -0.4 is 10.0 Å². The molecule has 6 heteroatoms. The first-order valence-electron chi connectivity index (χ1n) is 8.20. The van der Waals surface area contributed by atoms with Crippen molar-refractivity contribution in [1.82, 2.24) is 0 Å². The van der Waals surface area contributed by atoms with Crippen LogP contribution in [0.15, 0.2) is 65.1 Å². The van der Waals surface area contributed by atoms with Crippen molar-refractivity contribution < 1.29 is 14.7 Å². The lowest BCUT2D eigenvalue weighted by atomic mass is 10.1. The number of thioether (sulfide) groups is 1. The Hall–Kier alpha value is -2.70. The minimum atomic E-state index is -1.28. The maximum Gasteiger partial charge on any atom is 0.270 e. The largest absolute Gasteiger partial charge is 0.545 e. The highest BCUT2D eigenvalue weighted by Crippen LogP contribution is 2.36. The first-order valence-corrected chi connectivity index (χ1v) is 9.42. The number of nitrogens with zero attached hydrogens (tertiary/aromatic N) is 1. The van der Waals surface area contributed by atoms with Gasteiger partial charge in [-0.3, -0.25) is 9.69 Å². The van der Waals surface area contributed by atoms with Gasteiger partial charge in [0.1, 0.15) is 0 Å². The third-order valence-electron chi connectivity index (χ3n) is 4.05. The molecule has 2 aromatic rings. The number of hydrogen-bond donors (Lipinski definition) is 0. The Morgan fingerprint density at radius 2 is 1.89 bits per heavy atom. The molecule has 1 aliphatic heterocycles. The molecule has 0 atom stereocenters. The maximum atomic E-state index is 12.8. The van der Waals surface area contributed by atoms with Crippen molar-refractivity contribution in [2.75, 3.05) is 4.90 Å². The van der Waals surface area contributed by atoms with E-state index in [-0.39, 0.29) is 11.5 Å². The first-order chi connectivity index (χ1) is 12.9. The number of carbonyl (C=O) groups excluding carboxylic acids is 2. The van der Waals surface area contributed by atoms with Crippen molar-refractivity contribution in [2.45, 2.75) is 13.8 Å². The number of carboxylic acids is 1. The second-order valence-electron chi connectivity index (χ2n) is 6.10. The summed E-state index contributed by atoms with van der Waals surface area (Å²) in [6.45, 7) is 3.59. The molecular formula is C21H16NO3S2-. The van der Waals surface area contributed by atoms with Crippen LogP contribution in [0.1, 0.15) is 28.4 Å². The van der Waals surface area contributed by atoms with Crippen LogP contribution in [0.4, 0.5) is 5.69 Å². The average molecular weight is 394 g/mol. The average Bonchev–Trinajstić information content (AvgIpc) is 2.89. The van der Waals surface area contributed by atoms with E-state index in [9.17, 15) is 14.7 Å². The highest BCUT2D eigenvalue weighted by atomic mass is 32.2. The number of benzene rings is 2. The molecule has 0 bridgehead atoms. The minimum absolute atomic E-state index is 0.0469. The molecule has 0 radical (unpaired) electrons. The van der Waals surface area contributed by atoms with Crippen molar-refractivity contribution in [3.8, 4) is 0 Å². The first kappa shape index (κ1) is 19.1. The molecule has 0 spiro atoms. The number of carboxylic acid groups (broad SMARTS) is 1. The van der Waals surface area contributed by atoms with E-state index in [4.69, 9.17) is 12.2 Å². The molecule has 3 rings (SSSR count). The number of amides is 1. The van der Waals surface area contributed by atoms with Crippen LogP contribution in [0, 0.1) is 6.92 Å². The lowest BCUT2D eigenvalue weighted by Gasteiger charge is -2.17. The number of aryl methyl sites for hydroxylation is 1. The van der Waals surface area contributed by atoms with E-state index in [0.29, 0.717) is 20.5 Å². The van der Waals surface area contributed by atoms with E-state index >= 15 is 0 Å². The van der Waals surface area contributed by atoms with Gasteiger partial charge in [0.15, 0.2) is 4.32 Å². The smallest absolute Gasteiger partial charge is 0.270 e. The summed E-state index contributed by atoms with van der Waals surface area (Å²) in [5, 5.41) is 11.3. The lowest BCUT2D eigenvalue weighted by Crippen LogP contribution is -2.29. The molecule has 27 heavy (non-hydrogen) atoms. The second kappa shape index (κ2) is 7.90. The van der Waals surface area contributed by atoms with Gasteiger partial charge in [0.25, 0.3) is 5.91 Å². The fraction of sp³-hybridized carbons (Fsp3) is 0.0952. The Kier molecular flexibility index (Phi) is 5.58. The fourth-order valence-electron chi connectivity index (χ4n) is 2.72. The Labute approximate surface area is 167 Å². The highest BCUT2D eigenvalue weighted by molar-refractivity contribution is 8.27. The molecule has 1 aliphatic rings. The van der Waals surface area contributed by atoms with Gasteiger partial charge in [0.2, 0.25) is 0 Å². The number of aromatic carboxylic acids is 1. The van der Waals surface area contributed by atoms with Crippen LogP contribution >= 0.6 is 24.0 Å². The van der Waals surface area contributed by atoms with Crippen molar-refractivity contribution in [1.29, 1.82) is 0 Å². The van der Waals surface area contributed by atoms with E-state index in [1.54, 1.807) is 25.1 Å². The van der Waals surface area contributed by atoms with Crippen LogP contribution in [0.5, 0.6) is 0 Å². The number of allylic oxidation sites excluding steroid dienone is 2. The molecule has 1 fully saturated rings. The molecule has 0 saturated carbocycles. The van der Waals surface area contributed by atoms with E-state index < -0.39 is 5.97 Å². The number of carbonyl (C=O) groups is 2. The van der Waals surface area contributed by atoms with Gasteiger partial charge in [-0.2, -0.15) is 0 Å². The standard InChI is InChI=1S/C21H17NO3S2/c1-13(10-15-6-4-3-5-7-15)11-18-19(23)22(21(26)27-18)16-9-8-14(2)17(12-16)20(24)25/h3-12H,1-2H3,(H,24,25)/p-1/b13-10+,18-11-. The van der Waals surface area contributed by atoms with Gasteiger partial charge in [0, 0.05) is 5.56 Å². The zero-order valence-electron chi connectivity index (χ0n) is 14.8. The van der Waals surface area contributed by atoms with Gasteiger partial charge >= 0.3 is 0 Å². The van der Waals surface area contributed by atoms with Gasteiger partial charge in [-0.05, 0) is 48.8 Å². The summed E-state index contributed by atoms with van der Waals surface area (Å²) in [6, 6.07) is 14.6. The Balaban J connectivity index is 1.90. The van der Waals surface area contributed by atoms with Crippen LogP contribution in [0.3, 0.4) is 0 Å². The van der Waals surface area contributed by atoms with Crippen molar-refractivity contribution in [2.24, 2.45) is 0 Å². The van der Waals surface area contributed by atoms with Crippen molar-refractivity contribution in [3.63, 3.8) is 0 Å². The molecule has 136 valence electrons. The second-order valence-corrected chi connectivity index (χ2v) is 7.78. The van der Waals surface area contributed by atoms with E-state index in [0.717, 1.165) is 11.1 Å². The van der Waals surface area contributed by atoms with Gasteiger partial charge in [-0.25, -0.2) is 0 Å². The predicted octanol–water partition coefficient (Wildman–Crippen LogP) is 3.71. The van der Waals surface area contributed by atoms with Crippen LogP contribution in [-0.4, -0.2) is 16.2 Å². The maximum absolute atomic E-state index is 12.8. The summed E-state index contributed by atoms with van der Waals surface area (Å²) in [6.07, 6.45) is 3.77. The summed E-state index contributed by atoms with van der Waals surface area (Å²) >= 11 is 6.54. The molecule has 2 aromatic carbocycles.